The van der Waals surface area contributed by atoms with Gasteiger partial charge in [0.2, 0.25) is 0 Å². The van der Waals surface area contributed by atoms with Gasteiger partial charge in [-0.2, -0.15) is 0 Å². The number of nitrogens with one attached hydrogen (secondary N) is 1. The monoisotopic (exact) mass is 295 g/mol. The molecular weight excluding hydrogens is 278 g/mol. The zero-order valence-electron chi connectivity index (χ0n) is 11.8. The molecule has 0 aromatic carbocycles. The molecule has 1 aromatic rings. The second kappa shape index (κ2) is 7.83. The van der Waals surface area contributed by atoms with Crippen LogP contribution in [0.2, 0.25) is 0 Å². The zero-order chi connectivity index (χ0) is 15.8. The molecule has 8 heteroatoms. The Morgan fingerprint density at radius 2 is 2.00 bits per heavy atom. The number of rotatable bonds is 6. The van der Waals surface area contributed by atoms with Gasteiger partial charge in [0.05, 0.1) is 19.8 Å². The van der Waals surface area contributed by atoms with E-state index in [2.05, 4.69) is 19.8 Å². The normalized spacial score (nSPS) is 11.3. The standard InChI is InChI=1S/C13H17N3O5/c1-20-11(17)6-4-9(13(19)21-2)16-12(18)8-3-5-10(14)15-7-8/h3,5,7,9H,4,6H2,1-2H3,(H2,14,15)(H,16,18). The minimum absolute atomic E-state index is 0.0173. The molecule has 1 amide bonds. The quantitative estimate of drug-likeness (QED) is 0.702. The molecule has 114 valence electrons. The van der Waals surface area contributed by atoms with Gasteiger partial charge in [-0.05, 0) is 18.6 Å². The van der Waals surface area contributed by atoms with Crippen LogP contribution < -0.4 is 11.1 Å². The molecule has 0 fully saturated rings. The Morgan fingerprint density at radius 1 is 1.29 bits per heavy atom. The highest BCUT2D eigenvalue weighted by molar-refractivity contribution is 5.96. The van der Waals surface area contributed by atoms with Crippen LogP contribution in [0.3, 0.4) is 0 Å². The molecule has 0 spiro atoms. The highest BCUT2D eigenvalue weighted by Crippen LogP contribution is 2.05. The molecule has 21 heavy (non-hydrogen) atoms. The van der Waals surface area contributed by atoms with Gasteiger partial charge in [0.15, 0.2) is 0 Å². The molecule has 0 saturated heterocycles. The number of anilines is 1. The Morgan fingerprint density at radius 3 is 2.52 bits per heavy atom. The Hall–Kier alpha value is -2.64. The number of pyridine rings is 1. The molecule has 3 N–H and O–H groups in total. The first-order chi connectivity index (χ1) is 9.97. The molecule has 0 saturated carbocycles. The summed E-state index contributed by atoms with van der Waals surface area (Å²) in [5.74, 6) is -1.35. The third kappa shape index (κ3) is 5.09. The number of aromatic nitrogens is 1. The van der Waals surface area contributed by atoms with E-state index in [1.165, 1.54) is 32.5 Å². The predicted octanol–water partition coefficient (Wildman–Crippen LogP) is -0.112. The highest BCUT2D eigenvalue weighted by Gasteiger charge is 2.23. The van der Waals surface area contributed by atoms with E-state index in [0.717, 1.165) is 0 Å². The minimum Gasteiger partial charge on any atom is -0.469 e. The number of amides is 1. The van der Waals surface area contributed by atoms with E-state index in [1.807, 2.05) is 0 Å². The van der Waals surface area contributed by atoms with E-state index in [0.29, 0.717) is 0 Å². The van der Waals surface area contributed by atoms with Gasteiger partial charge in [-0.25, -0.2) is 9.78 Å². The lowest BCUT2D eigenvalue weighted by Crippen LogP contribution is -2.41. The number of carbonyl (C=O) groups excluding carboxylic acids is 3. The fraction of sp³-hybridized carbons (Fsp3) is 0.385. The topological polar surface area (TPSA) is 121 Å². The largest absolute Gasteiger partial charge is 0.469 e. The molecule has 0 aliphatic heterocycles. The van der Waals surface area contributed by atoms with Gasteiger partial charge in [-0.15, -0.1) is 0 Å². The number of carbonyl (C=O) groups is 3. The maximum atomic E-state index is 12.0. The van der Waals surface area contributed by atoms with Crippen molar-refractivity contribution in [3.63, 3.8) is 0 Å². The Kier molecular flexibility index (Phi) is 6.12. The van der Waals surface area contributed by atoms with Crippen LogP contribution in [-0.4, -0.2) is 43.1 Å². The van der Waals surface area contributed by atoms with Crippen molar-refractivity contribution < 1.29 is 23.9 Å². The molecule has 0 radical (unpaired) electrons. The van der Waals surface area contributed by atoms with Crippen LogP contribution in [0.25, 0.3) is 0 Å². The van der Waals surface area contributed by atoms with Crippen molar-refractivity contribution in [2.75, 3.05) is 20.0 Å². The SMILES string of the molecule is COC(=O)CCC(NC(=O)c1ccc(N)nc1)C(=O)OC. The second-order valence-corrected chi connectivity index (χ2v) is 4.14. The molecular formula is C13H17N3O5. The maximum Gasteiger partial charge on any atom is 0.328 e. The Bertz CT molecular complexity index is 515. The van der Waals surface area contributed by atoms with Crippen molar-refractivity contribution >= 4 is 23.7 Å². The molecule has 0 bridgehead atoms. The third-order valence-electron chi connectivity index (χ3n) is 2.70. The van der Waals surface area contributed by atoms with Crippen LogP contribution in [0.4, 0.5) is 5.82 Å². The van der Waals surface area contributed by atoms with Gasteiger partial charge in [0, 0.05) is 12.6 Å². The summed E-state index contributed by atoms with van der Waals surface area (Å²) < 4.78 is 9.08. The Labute approximate surface area is 121 Å². The fourth-order valence-corrected chi connectivity index (χ4v) is 1.54. The van der Waals surface area contributed by atoms with Crippen molar-refractivity contribution in [1.29, 1.82) is 0 Å². The van der Waals surface area contributed by atoms with Gasteiger partial charge in [0.1, 0.15) is 11.9 Å². The summed E-state index contributed by atoms with van der Waals surface area (Å²) in [6.07, 6.45) is 1.35. The predicted molar refractivity (Wildman–Crippen MR) is 73.2 cm³/mol. The molecule has 1 rings (SSSR count). The van der Waals surface area contributed by atoms with Gasteiger partial charge >= 0.3 is 11.9 Å². The molecule has 0 aliphatic carbocycles. The van der Waals surface area contributed by atoms with Crippen molar-refractivity contribution in [1.82, 2.24) is 10.3 Å². The molecule has 1 aromatic heterocycles. The fourth-order valence-electron chi connectivity index (χ4n) is 1.54. The van der Waals surface area contributed by atoms with Crippen LogP contribution in [0.1, 0.15) is 23.2 Å². The van der Waals surface area contributed by atoms with Crippen LogP contribution in [0.15, 0.2) is 18.3 Å². The van der Waals surface area contributed by atoms with Crippen LogP contribution in [-0.2, 0) is 19.1 Å². The molecule has 8 nitrogen and oxygen atoms in total. The molecule has 1 heterocycles. The average Bonchev–Trinajstić information content (AvgIpc) is 2.50. The lowest BCUT2D eigenvalue weighted by Gasteiger charge is -2.15. The number of ether oxygens (including phenoxy) is 2. The minimum atomic E-state index is -0.945. The van der Waals surface area contributed by atoms with E-state index >= 15 is 0 Å². The summed E-state index contributed by atoms with van der Waals surface area (Å²) in [6.45, 7) is 0. The van der Waals surface area contributed by atoms with Crippen molar-refractivity contribution in [3.8, 4) is 0 Å². The summed E-state index contributed by atoms with van der Waals surface area (Å²) in [5, 5.41) is 2.48. The smallest absolute Gasteiger partial charge is 0.328 e. The summed E-state index contributed by atoms with van der Waals surface area (Å²) in [7, 11) is 2.44. The number of nitrogen functional groups attached to an aromatic ring is 1. The number of hydrogen-bond donors (Lipinski definition) is 2. The summed E-state index contributed by atoms with van der Waals surface area (Å²) in [4.78, 5) is 38.5. The van der Waals surface area contributed by atoms with E-state index in [4.69, 9.17) is 5.73 Å². The first kappa shape index (κ1) is 16.4. The maximum absolute atomic E-state index is 12.0. The molecule has 1 atom stereocenters. The van der Waals surface area contributed by atoms with Crippen molar-refractivity contribution in [2.24, 2.45) is 0 Å². The Balaban J connectivity index is 2.71. The van der Waals surface area contributed by atoms with E-state index in [1.54, 1.807) is 0 Å². The number of hydrogen-bond acceptors (Lipinski definition) is 7. The van der Waals surface area contributed by atoms with Crippen molar-refractivity contribution in [3.05, 3.63) is 23.9 Å². The lowest BCUT2D eigenvalue weighted by atomic mass is 10.1. The van der Waals surface area contributed by atoms with Gasteiger partial charge in [-0.3, -0.25) is 9.59 Å². The summed E-state index contributed by atoms with van der Waals surface area (Å²) in [5.41, 5.74) is 5.67. The molecule has 1 unspecified atom stereocenters. The van der Waals surface area contributed by atoms with E-state index < -0.39 is 23.9 Å². The first-order valence-electron chi connectivity index (χ1n) is 6.15. The second-order valence-electron chi connectivity index (χ2n) is 4.14. The van der Waals surface area contributed by atoms with E-state index in [9.17, 15) is 14.4 Å². The molecule has 0 aliphatic rings. The van der Waals surface area contributed by atoms with Crippen LogP contribution in [0, 0.1) is 0 Å². The van der Waals surface area contributed by atoms with E-state index in [-0.39, 0.29) is 24.2 Å². The van der Waals surface area contributed by atoms with Gasteiger partial charge < -0.3 is 20.5 Å². The van der Waals surface area contributed by atoms with Crippen LogP contribution >= 0.6 is 0 Å². The average molecular weight is 295 g/mol. The van der Waals surface area contributed by atoms with Crippen molar-refractivity contribution in [2.45, 2.75) is 18.9 Å². The highest BCUT2D eigenvalue weighted by atomic mass is 16.5. The summed E-state index contributed by atoms with van der Waals surface area (Å²) in [6, 6.07) is 2.00. The number of nitrogens with zero attached hydrogens (tertiary/aromatic N) is 1. The third-order valence-corrected chi connectivity index (χ3v) is 2.70. The number of methoxy groups -OCH3 is 2. The number of nitrogens with two attached hydrogens (primary N) is 1. The summed E-state index contributed by atoms with van der Waals surface area (Å²) >= 11 is 0. The number of esters is 2. The van der Waals surface area contributed by atoms with Gasteiger partial charge in [-0.1, -0.05) is 0 Å². The first-order valence-corrected chi connectivity index (χ1v) is 6.15. The van der Waals surface area contributed by atoms with Gasteiger partial charge in [0.25, 0.3) is 5.91 Å². The lowest BCUT2D eigenvalue weighted by molar-refractivity contribution is -0.144. The zero-order valence-corrected chi connectivity index (χ0v) is 11.8. The van der Waals surface area contributed by atoms with Crippen LogP contribution in [0.5, 0.6) is 0 Å².